The molecule has 1 aliphatic rings. The Bertz CT molecular complexity index is 814. The third-order valence-corrected chi connectivity index (χ3v) is 3.94. The van der Waals surface area contributed by atoms with Crippen LogP contribution in [0, 0.1) is 5.82 Å². The Morgan fingerprint density at radius 1 is 1.21 bits per heavy atom. The second-order valence-corrected chi connectivity index (χ2v) is 5.58. The molecular formula is C16H15F4N3O. The van der Waals surface area contributed by atoms with Gasteiger partial charge in [-0.25, -0.2) is 4.39 Å². The molecule has 0 aliphatic carbocycles. The summed E-state index contributed by atoms with van der Waals surface area (Å²) in [5.41, 5.74) is 0.740. The van der Waals surface area contributed by atoms with Crippen molar-refractivity contribution in [3.63, 3.8) is 0 Å². The SMILES string of the molecule is O=c1cc(CNc2ccc(F)cc2C(F)(F)F)c2c([nH]1)CNCC2. The van der Waals surface area contributed by atoms with Crippen LogP contribution in [0.5, 0.6) is 0 Å². The van der Waals surface area contributed by atoms with Crippen LogP contribution >= 0.6 is 0 Å². The van der Waals surface area contributed by atoms with Crippen LogP contribution in [0.2, 0.25) is 0 Å². The summed E-state index contributed by atoms with van der Waals surface area (Å²) in [7, 11) is 0. The second-order valence-electron chi connectivity index (χ2n) is 5.58. The summed E-state index contributed by atoms with van der Waals surface area (Å²) in [5, 5.41) is 5.80. The maximum absolute atomic E-state index is 13.1. The first kappa shape index (κ1) is 16.5. The largest absolute Gasteiger partial charge is 0.418 e. The van der Waals surface area contributed by atoms with Crippen molar-refractivity contribution in [2.24, 2.45) is 0 Å². The van der Waals surface area contributed by atoms with E-state index in [0.29, 0.717) is 24.6 Å². The van der Waals surface area contributed by atoms with Crippen molar-refractivity contribution < 1.29 is 17.6 Å². The minimum atomic E-state index is -4.66. The van der Waals surface area contributed by atoms with Gasteiger partial charge in [0, 0.05) is 30.5 Å². The molecular weight excluding hydrogens is 326 g/mol. The molecule has 1 aromatic heterocycles. The number of benzene rings is 1. The number of alkyl halides is 3. The van der Waals surface area contributed by atoms with Crippen LogP contribution in [-0.2, 0) is 25.7 Å². The Morgan fingerprint density at radius 2 is 2.00 bits per heavy atom. The predicted octanol–water partition coefficient (Wildman–Crippen LogP) is 2.79. The standard InChI is InChI=1S/C16H15F4N3O/c17-10-1-2-13(12(6-10)16(18,19)20)22-7-9-5-15(24)23-14-8-21-4-3-11(9)14/h1-2,5-6,21-22H,3-4,7-8H2,(H,23,24). The number of pyridine rings is 1. The van der Waals surface area contributed by atoms with Gasteiger partial charge in [0.15, 0.2) is 0 Å². The minimum Gasteiger partial charge on any atom is -0.380 e. The maximum Gasteiger partial charge on any atom is 0.418 e. The number of H-pyrrole nitrogens is 1. The fourth-order valence-electron chi connectivity index (χ4n) is 2.84. The molecule has 2 heterocycles. The molecule has 3 rings (SSSR count). The minimum absolute atomic E-state index is 0.0565. The van der Waals surface area contributed by atoms with Gasteiger partial charge in [0.05, 0.1) is 5.56 Å². The summed E-state index contributed by atoms with van der Waals surface area (Å²) in [6, 6.07) is 3.86. The molecule has 0 fully saturated rings. The Kier molecular flexibility index (Phi) is 4.31. The zero-order chi connectivity index (χ0) is 17.3. The van der Waals surface area contributed by atoms with Crippen LogP contribution in [0.3, 0.4) is 0 Å². The number of nitrogens with one attached hydrogen (secondary N) is 3. The lowest BCUT2D eigenvalue weighted by Crippen LogP contribution is -2.29. The summed E-state index contributed by atoms with van der Waals surface area (Å²) in [5.74, 6) is -0.951. The van der Waals surface area contributed by atoms with E-state index in [0.717, 1.165) is 29.9 Å². The van der Waals surface area contributed by atoms with Crippen LogP contribution < -0.4 is 16.2 Å². The number of halogens is 4. The summed E-state index contributed by atoms with van der Waals surface area (Å²) >= 11 is 0. The maximum atomic E-state index is 13.1. The normalized spacial score (nSPS) is 14.3. The molecule has 3 N–H and O–H groups in total. The zero-order valence-corrected chi connectivity index (χ0v) is 12.6. The number of hydrogen-bond acceptors (Lipinski definition) is 3. The lowest BCUT2D eigenvalue weighted by molar-refractivity contribution is -0.137. The molecule has 4 nitrogen and oxygen atoms in total. The molecule has 1 aliphatic heterocycles. The van der Waals surface area contributed by atoms with Crippen molar-refractivity contribution in [2.75, 3.05) is 11.9 Å². The lowest BCUT2D eigenvalue weighted by atomic mass is 10.00. The van der Waals surface area contributed by atoms with E-state index >= 15 is 0 Å². The predicted molar refractivity (Wildman–Crippen MR) is 81.2 cm³/mol. The van der Waals surface area contributed by atoms with Gasteiger partial charge < -0.3 is 15.6 Å². The molecule has 2 aromatic rings. The van der Waals surface area contributed by atoms with Crippen molar-refractivity contribution >= 4 is 5.69 Å². The van der Waals surface area contributed by atoms with E-state index in [1.807, 2.05) is 0 Å². The van der Waals surface area contributed by atoms with Crippen molar-refractivity contribution in [1.29, 1.82) is 0 Å². The van der Waals surface area contributed by atoms with Crippen molar-refractivity contribution in [1.82, 2.24) is 10.3 Å². The topological polar surface area (TPSA) is 56.9 Å². The average Bonchev–Trinajstić information content (AvgIpc) is 2.52. The third-order valence-electron chi connectivity index (χ3n) is 3.94. The van der Waals surface area contributed by atoms with Gasteiger partial charge in [0.1, 0.15) is 5.82 Å². The molecule has 0 amide bonds. The van der Waals surface area contributed by atoms with E-state index in [1.165, 1.54) is 6.07 Å². The van der Waals surface area contributed by atoms with E-state index in [2.05, 4.69) is 15.6 Å². The third kappa shape index (κ3) is 3.43. The molecule has 0 radical (unpaired) electrons. The number of hydrogen-bond donors (Lipinski definition) is 3. The lowest BCUT2D eigenvalue weighted by Gasteiger charge is -2.21. The highest BCUT2D eigenvalue weighted by atomic mass is 19.4. The van der Waals surface area contributed by atoms with E-state index in [-0.39, 0.29) is 17.8 Å². The van der Waals surface area contributed by atoms with Gasteiger partial charge >= 0.3 is 6.18 Å². The number of rotatable bonds is 3. The first-order valence-electron chi connectivity index (χ1n) is 7.40. The molecule has 0 spiro atoms. The molecule has 0 unspecified atom stereocenters. The Hall–Kier alpha value is -2.35. The molecule has 1 aromatic carbocycles. The van der Waals surface area contributed by atoms with Crippen LogP contribution in [0.15, 0.2) is 29.1 Å². The fourth-order valence-corrected chi connectivity index (χ4v) is 2.84. The Labute approximate surface area is 134 Å². The Morgan fingerprint density at radius 3 is 2.75 bits per heavy atom. The van der Waals surface area contributed by atoms with Gasteiger partial charge in [-0.05, 0) is 42.3 Å². The summed E-state index contributed by atoms with van der Waals surface area (Å²) < 4.78 is 52.2. The van der Waals surface area contributed by atoms with E-state index in [4.69, 9.17) is 0 Å². The highest BCUT2D eigenvalue weighted by Gasteiger charge is 2.34. The summed E-state index contributed by atoms with van der Waals surface area (Å²) in [6.45, 7) is 1.31. The first-order chi connectivity index (χ1) is 11.3. The van der Waals surface area contributed by atoms with Gasteiger partial charge in [-0.1, -0.05) is 0 Å². The van der Waals surface area contributed by atoms with E-state index in [1.54, 1.807) is 0 Å². The van der Waals surface area contributed by atoms with Crippen LogP contribution in [0.4, 0.5) is 23.2 Å². The van der Waals surface area contributed by atoms with Gasteiger partial charge in [-0.2, -0.15) is 13.2 Å². The van der Waals surface area contributed by atoms with Crippen molar-refractivity contribution in [2.45, 2.75) is 25.7 Å². The number of aromatic amines is 1. The van der Waals surface area contributed by atoms with Gasteiger partial charge in [0.2, 0.25) is 5.56 Å². The first-order valence-corrected chi connectivity index (χ1v) is 7.40. The smallest absolute Gasteiger partial charge is 0.380 e. The molecule has 8 heteroatoms. The second kappa shape index (κ2) is 6.27. The summed E-state index contributed by atoms with van der Waals surface area (Å²) in [4.78, 5) is 14.4. The highest BCUT2D eigenvalue weighted by Crippen LogP contribution is 2.35. The molecule has 0 saturated carbocycles. The van der Waals surface area contributed by atoms with E-state index in [9.17, 15) is 22.4 Å². The van der Waals surface area contributed by atoms with Crippen LogP contribution in [0.25, 0.3) is 0 Å². The van der Waals surface area contributed by atoms with E-state index < -0.39 is 17.6 Å². The van der Waals surface area contributed by atoms with Crippen LogP contribution in [-0.4, -0.2) is 11.5 Å². The monoisotopic (exact) mass is 341 g/mol. The average molecular weight is 341 g/mol. The highest BCUT2D eigenvalue weighted by molar-refractivity contribution is 5.53. The Balaban J connectivity index is 1.90. The molecule has 24 heavy (non-hydrogen) atoms. The number of fused-ring (bicyclic) bond motifs is 1. The molecule has 0 atom stereocenters. The van der Waals surface area contributed by atoms with Crippen molar-refractivity contribution in [3.8, 4) is 0 Å². The fraction of sp³-hybridized carbons (Fsp3) is 0.312. The van der Waals surface area contributed by atoms with Crippen molar-refractivity contribution in [3.05, 3.63) is 62.8 Å². The van der Waals surface area contributed by atoms with Gasteiger partial charge in [-0.3, -0.25) is 4.79 Å². The molecule has 128 valence electrons. The molecule has 0 bridgehead atoms. The van der Waals surface area contributed by atoms with Gasteiger partial charge in [0.25, 0.3) is 0 Å². The zero-order valence-electron chi connectivity index (χ0n) is 12.6. The van der Waals surface area contributed by atoms with Crippen LogP contribution in [0.1, 0.15) is 22.4 Å². The number of anilines is 1. The summed E-state index contributed by atoms with van der Waals surface area (Å²) in [6.07, 6.45) is -3.99. The number of aromatic nitrogens is 1. The molecule has 0 saturated heterocycles. The quantitative estimate of drug-likeness (QED) is 0.753. The van der Waals surface area contributed by atoms with Gasteiger partial charge in [-0.15, -0.1) is 0 Å².